The molecule has 0 radical (unpaired) electrons. The summed E-state index contributed by atoms with van der Waals surface area (Å²) in [4.78, 5) is 0. The first-order valence-electron chi connectivity index (χ1n) is 6.64. The lowest BCUT2D eigenvalue weighted by Crippen LogP contribution is -2.41. The summed E-state index contributed by atoms with van der Waals surface area (Å²) in [6.45, 7) is 18.4. The zero-order valence-corrected chi connectivity index (χ0v) is 13.3. The number of rotatable bonds is 5. The zero-order chi connectivity index (χ0) is 13.3. The SMILES string of the molecule is C=C1O[C@@H](C)[C@@H]1CCCO[Si](C)(C)C(C)(C)C. The highest BCUT2D eigenvalue weighted by atomic mass is 28.4. The monoisotopic (exact) mass is 256 g/mol. The Morgan fingerprint density at radius 2 is 1.94 bits per heavy atom. The molecule has 0 N–H and O–H groups in total. The molecule has 0 amide bonds. The molecular formula is C14H28O2Si. The molecule has 0 aromatic carbocycles. The summed E-state index contributed by atoms with van der Waals surface area (Å²) in [6.07, 6.45) is 2.62. The third-order valence-electron chi connectivity index (χ3n) is 4.25. The number of hydrogen-bond acceptors (Lipinski definition) is 2. The van der Waals surface area contributed by atoms with Crippen molar-refractivity contribution in [3.63, 3.8) is 0 Å². The van der Waals surface area contributed by atoms with Gasteiger partial charge in [0.15, 0.2) is 8.32 Å². The second kappa shape index (κ2) is 5.15. The summed E-state index contributed by atoms with van der Waals surface area (Å²) in [5, 5.41) is 0.309. The van der Waals surface area contributed by atoms with Gasteiger partial charge in [-0.3, -0.25) is 0 Å². The van der Waals surface area contributed by atoms with Gasteiger partial charge in [0.2, 0.25) is 0 Å². The lowest BCUT2D eigenvalue weighted by molar-refractivity contribution is -0.0344. The first-order valence-corrected chi connectivity index (χ1v) is 9.55. The predicted octanol–water partition coefficient (Wildman–Crippen LogP) is 4.34. The van der Waals surface area contributed by atoms with Crippen molar-refractivity contribution in [3.8, 4) is 0 Å². The van der Waals surface area contributed by atoms with Gasteiger partial charge < -0.3 is 9.16 Å². The highest BCUT2D eigenvalue weighted by molar-refractivity contribution is 6.74. The Kier molecular flexibility index (Phi) is 4.47. The van der Waals surface area contributed by atoms with E-state index in [0.717, 1.165) is 25.2 Å². The fraction of sp³-hybridized carbons (Fsp3) is 0.857. The Labute approximate surface area is 108 Å². The highest BCUT2D eigenvalue weighted by Gasteiger charge is 2.37. The molecule has 1 heterocycles. The van der Waals surface area contributed by atoms with Crippen LogP contribution in [0.15, 0.2) is 12.3 Å². The van der Waals surface area contributed by atoms with Crippen molar-refractivity contribution in [2.45, 2.75) is 64.8 Å². The van der Waals surface area contributed by atoms with Crippen LogP contribution in [-0.2, 0) is 9.16 Å². The van der Waals surface area contributed by atoms with Gasteiger partial charge in [0, 0.05) is 6.61 Å². The molecule has 0 saturated carbocycles. The molecule has 3 heteroatoms. The van der Waals surface area contributed by atoms with Crippen LogP contribution < -0.4 is 0 Å². The Bertz CT molecular complexity index is 278. The summed E-state index contributed by atoms with van der Waals surface area (Å²) >= 11 is 0. The summed E-state index contributed by atoms with van der Waals surface area (Å²) < 4.78 is 11.5. The predicted molar refractivity (Wildman–Crippen MR) is 75.6 cm³/mol. The molecule has 0 aliphatic carbocycles. The Hall–Kier alpha value is -0.283. The van der Waals surface area contributed by atoms with E-state index in [4.69, 9.17) is 9.16 Å². The maximum Gasteiger partial charge on any atom is 0.191 e. The van der Waals surface area contributed by atoms with Crippen LogP contribution >= 0.6 is 0 Å². The first-order chi connectivity index (χ1) is 7.65. The van der Waals surface area contributed by atoms with E-state index in [0.29, 0.717) is 17.1 Å². The molecule has 0 aromatic heterocycles. The summed E-state index contributed by atoms with van der Waals surface area (Å²) in [5.41, 5.74) is 0. The second-order valence-electron chi connectivity index (χ2n) is 6.65. The smallest absolute Gasteiger partial charge is 0.191 e. The minimum absolute atomic E-state index is 0.309. The topological polar surface area (TPSA) is 18.5 Å². The normalized spacial score (nSPS) is 25.4. The van der Waals surface area contributed by atoms with Crippen molar-refractivity contribution in [2.75, 3.05) is 6.61 Å². The van der Waals surface area contributed by atoms with Gasteiger partial charge in [0.25, 0.3) is 0 Å². The van der Waals surface area contributed by atoms with Gasteiger partial charge in [0.1, 0.15) is 6.10 Å². The average Bonchev–Trinajstić information content (AvgIpc) is 2.15. The van der Waals surface area contributed by atoms with Crippen LogP contribution in [0.1, 0.15) is 40.5 Å². The van der Waals surface area contributed by atoms with E-state index >= 15 is 0 Å². The van der Waals surface area contributed by atoms with Crippen molar-refractivity contribution in [1.82, 2.24) is 0 Å². The molecule has 0 unspecified atom stereocenters. The molecule has 0 bridgehead atoms. The molecule has 0 aromatic rings. The van der Waals surface area contributed by atoms with Gasteiger partial charge in [-0.15, -0.1) is 0 Å². The first kappa shape index (κ1) is 14.8. The van der Waals surface area contributed by atoms with Crippen molar-refractivity contribution >= 4 is 8.32 Å². The van der Waals surface area contributed by atoms with E-state index in [2.05, 4.69) is 47.4 Å². The van der Waals surface area contributed by atoms with E-state index in [1.165, 1.54) is 0 Å². The largest absolute Gasteiger partial charge is 0.494 e. The van der Waals surface area contributed by atoms with E-state index in [1.807, 2.05) is 0 Å². The third-order valence-corrected chi connectivity index (χ3v) is 8.78. The third kappa shape index (κ3) is 3.59. The van der Waals surface area contributed by atoms with Gasteiger partial charge in [0.05, 0.1) is 11.7 Å². The molecule has 2 nitrogen and oxygen atoms in total. The van der Waals surface area contributed by atoms with Crippen molar-refractivity contribution in [2.24, 2.45) is 5.92 Å². The molecule has 1 rings (SSSR count). The van der Waals surface area contributed by atoms with Crippen LogP contribution in [0.3, 0.4) is 0 Å². The molecule has 0 spiro atoms. The van der Waals surface area contributed by atoms with E-state index in [9.17, 15) is 0 Å². The van der Waals surface area contributed by atoms with Crippen LogP contribution in [0.4, 0.5) is 0 Å². The van der Waals surface area contributed by atoms with Crippen LogP contribution in [0, 0.1) is 5.92 Å². The fourth-order valence-electron chi connectivity index (χ4n) is 1.84. The van der Waals surface area contributed by atoms with E-state index in [-0.39, 0.29) is 0 Å². The molecule has 17 heavy (non-hydrogen) atoms. The lowest BCUT2D eigenvalue weighted by atomic mass is 9.91. The standard InChI is InChI=1S/C14H28O2Si/c1-11-13(12(2)16-11)9-8-10-15-17(6,7)14(3,4)5/h12-13H,1,8-10H2,2-7H3/t12-,13+/m0/s1. The molecular weight excluding hydrogens is 228 g/mol. The molecule has 1 aliphatic rings. The Morgan fingerprint density at radius 1 is 1.35 bits per heavy atom. The molecule has 100 valence electrons. The van der Waals surface area contributed by atoms with Gasteiger partial charge >= 0.3 is 0 Å². The Morgan fingerprint density at radius 3 is 2.35 bits per heavy atom. The van der Waals surface area contributed by atoms with Crippen LogP contribution in [0.25, 0.3) is 0 Å². The summed E-state index contributed by atoms with van der Waals surface area (Å²) in [5.74, 6) is 1.52. The fourth-order valence-corrected chi connectivity index (χ4v) is 2.93. The highest BCUT2D eigenvalue weighted by Crippen LogP contribution is 2.37. The van der Waals surface area contributed by atoms with Crippen molar-refractivity contribution < 1.29 is 9.16 Å². The minimum Gasteiger partial charge on any atom is -0.494 e. The minimum atomic E-state index is -1.56. The van der Waals surface area contributed by atoms with Gasteiger partial charge in [-0.25, -0.2) is 0 Å². The molecule has 2 atom stereocenters. The van der Waals surface area contributed by atoms with Gasteiger partial charge in [-0.2, -0.15) is 0 Å². The quantitative estimate of drug-likeness (QED) is 0.538. The maximum atomic E-state index is 6.15. The van der Waals surface area contributed by atoms with Crippen LogP contribution in [0.2, 0.25) is 18.1 Å². The lowest BCUT2D eigenvalue weighted by Gasteiger charge is -2.38. The van der Waals surface area contributed by atoms with E-state index in [1.54, 1.807) is 0 Å². The molecule has 1 aliphatic heterocycles. The number of hydrogen-bond donors (Lipinski definition) is 0. The van der Waals surface area contributed by atoms with Crippen LogP contribution in [-0.4, -0.2) is 21.0 Å². The number of ether oxygens (including phenoxy) is 1. The van der Waals surface area contributed by atoms with Crippen molar-refractivity contribution in [3.05, 3.63) is 12.3 Å². The Balaban J connectivity index is 2.22. The van der Waals surface area contributed by atoms with E-state index < -0.39 is 8.32 Å². The second-order valence-corrected chi connectivity index (χ2v) is 11.5. The summed E-state index contributed by atoms with van der Waals surface area (Å²) in [7, 11) is -1.56. The average molecular weight is 256 g/mol. The zero-order valence-electron chi connectivity index (χ0n) is 12.3. The van der Waals surface area contributed by atoms with Gasteiger partial charge in [-0.1, -0.05) is 27.4 Å². The van der Waals surface area contributed by atoms with Crippen molar-refractivity contribution in [1.29, 1.82) is 0 Å². The summed E-state index contributed by atoms with van der Waals surface area (Å²) in [6, 6.07) is 0. The van der Waals surface area contributed by atoms with Crippen LogP contribution in [0.5, 0.6) is 0 Å². The molecule has 1 fully saturated rings. The maximum absolute atomic E-state index is 6.15. The molecule has 1 saturated heterocycles. The van der Waals surface area contributed by atoms with Gasteiger partial charge in [-0.05, 0) is 37.9 Å².